The predicted molar refractivity (Wildman–Crippen MR) is 101 cm³/mol. The zero-order valence-corrected chi connectivity index (χ0v) is 14.9. The molecule has 134 valence electrons. The fourth-order valence-corrected chi connectivity index (χ4v) is 2.70. The van der Waals surface area contributed by atoms with Crippen molar-refractivity contribution in [3.63, 3.8) is 0 Å². The second kappa shape index (κ2) is 7.74. The van der Waals surface area contributed by atoms with Gasteiger partial charge in [0.1, 0.15) is 11.5 Å². The number of anilines is 1. The number of rotatable bonds is 6. The number of ether oxygens (including phenoxy) is 3. The number of amidine groups is 1. The molecule has 1 aliphatic heterocycles. The van der Waals surface area contributed by atoms with Crippen LogP contribution in [0.25, 0.3) is 0 Å². The van der Waals surface area contributed by atoms with Crippen LogP contribution in [0, 0.1) is 0 Å². The van der Waals surface area contributed by atoms with Gasteiger partial charge >= 0.3 is 0 Å². The Morgan fingerprint density at radius 3 is 2.23 bits per heavy atom. The van der Waals surface area contributed by atoms with Gasteiger partial charge in [-0.1, -0.05) is 18.2 Å². The topological polar surface area (TPSA) is 69.2 Å². The number of allylic oxidation sites excluding steroid dienone is 1. The van der Waals surface area contributed by atoms with E-state index in [9.17, 15) is 4.79 Å². The number of nitrogens with zero attached hydrogens (tertiary/aromatic N) is 1. The van der Waals surface area contributed by atoms with Crippen molar-refractivity contribution in [2.24, 2.45) is 4.99 Å². The van der Waals surface area contributed by atoms with Gasteiger partial charge in [-0.15, -0.1) is 0 Å². The molecule has 1 aliphatic rings. The minimum Gasteiger partial charge on any atom is -0.493 e. The smallest absolute Gasteiger partial charge is 0.211 e. The quantitative estimate of drug-likeness (QED) is 0.803. The van der Waals surface area contributed by atoms with E-state index >= 15 is 0 Å². The molecule has 0 bridgehead atoms. The number of ketones is 1. The molecule has 0 radical (unpaired) electrons. The Morgan fingerprint density at radius 2 is 1.65 bits per heavy atom. The molecule has 26 heavy (non-hydrogen) atoms. The van der Waals surface area contributed by atoms with Crippen molar-refractivity contribution >= 4 is 17.3 Å². The molecular weight excluding hydrogens is 332 g/mol. The van der Waals surface area contributed by atoms with E-state index in [4.69, 9.17) is 14.2 Å². The van der Waals surface area contributed by atoms with Crippen LogP contribution in [0.2, 0.25) is 0 Å². The summed E-state index contributed by atoms with van der Waals surface area (Å²) in [5.41, 5.74) is 1.74. The van der Waals surface area contributed by atoms with Crippen LogP contribution in [-0.4, -0.2) is 32.9 Å². The van der Waals surface area contributed by atoms with E-state index in [1.165, 1.54) is 21.3 Å². The monoisotopic (exact) mass is 352 g/mol. The molecule has 0 aromatic heterocycles. The van der Waals surface area contributed by atoms with Crippen molar-refractivity contribution in [2.75, 3.05) is 26.6 Å². The highest BCUT2D eigenvalue weighted by Crippen LogP contribution is 2.38. The van der Waals surface area contributed by atoms with Crippen LogP contribution in [0.5, 0.6) is 17.2 Å². The van der Waals surface area contributed by atoms with Crippen molar-refractivity contribution < 1.29 is 19.0 Å². The molecule has 0 aliphatic carbocycles. The first kappa shape index (κ1) is 17.5. The molecule has 0 saturated carbocycles. The van der Waals surface area contributed by atoms with Gasteiger partial charge in [-0.2, -0.15) is 0 Å². The lowest BCUT2D eigenvalue weighted by Gasteiger charge is -2.13. The van der Waals surface area contributed by atoms with Crippen molar-refractivity contribution in [3.05, 3.63) is 59.8 Å². The fourth-order valence-electron chi connectivity index (χ4n) is 2.70. The number of Topliss-reactive ketones (excluding diaryl/α,β-unsaturated/α-hetero) is 1. The summed E-state index contributed by atoms with van der Waals surface area (Å²) in [6.45, 7) is 0. The molecule has 6 nitrogen and oxygen atoms in total. The summed E-state index contributed by atoms with van der Waals surface area (Å²) in [4.78, 5) is 17.2. The first-order chi connectivity index (χ1) is 12.7. The number of aliphatic imine (C=N–C) groups is 1. The van der Waals surface area contributed by atoms with Gasteiger partial charge < -0.3 is 19.5 Å². The molecule has 6 heteroatoms. The summed E-state index contributed by atoms with van der Waals surface area (Å²) in [5.74, 6) is 1.84. The van der Waals surface area contributed by atoms with Crippen molar-refractivity contribution in [1.29, 1.82) is 0 Å². The van der Waals surface area contributed by atoms with Crippen molar-refractivity contribution in [1.82, 2.24) is 0 Å². The number of hydrogen-bond acceptors (Lipinski definition) is 6. The standard InChI is InChI=1S/C20H20N2O4/c1-24-16-11-13(12-17(25-2)20(16)26-3)19(23)15-9-10-18(22-15)21-14-7-5-4-6-8-14/h4-9,11-12H,10H2,1-3H3,(H,21,22). The molecule has 1 heterocycles. The lowest BCUT2D eigenvalue weighted by Crippen LogP contribution is -2.09. The van der Waals surface area contributed by atoms with Gasteiger partial charge in [0, 0.05) is 17.7 Å². The highest BCUT2D eigenvalue weighted by molar-refractivity contribution is 6.13. The first-order valence-corrected chi connectivity index (χ1v) is 8.10. The molecule has 0 fully saturated rings. The lowest BCUT2D eigenvalue weighted by molar-refractivity contribution is 0.103. The Morgan fingerprint density at radius 1 is 1.00 bits per heavy atom. The van der Waals surface area contributed by atoms with Gasteiger partial charge in [0.05, 0.1) is 21.3 Å². The number of carbonyl (C=O) groups is 1. The van der Waals surface area contributed by atoms with Gasteiger partial charge in [0.15, 0.2) is 11.5 Å². The summed E-state index contributed by atoms with van der Waals surface area (Å²) < 4.78 is 15.9. The first-order valence-electron chi connectivity index (χ1n) is 8.10. The Balaban J connectivity index is 1.83. The van der Waals surface area contributed by atoms with Gasteiger partial charge in [-0.25, -0.2) is 4.99 Å². The Bertz CT molecular complexity index is 848. The van der Waals surface area contributed by atoms with E-state index in [0.717, 1.165) is 11.5 Å². The molecule has 0 atom stereocenters. The number of hydrogen-bond donors (Lipinski definition) is 1. The average Bonchev–Trinajstić information content (AvgIpc) is 3.15. The molecule has 0 unspecified atom stereocenters. The van der Waals surface area contributed by atoms with Gasteiger partial charge in [0.2, 0.25) is 11.5 Å². The van der Waals surface area contributed by atoms with Crippen LogP contribution in [0.4, 0.5) is 5.69 Å². The summed E-state index contributed by atoms with van der Waals surface area (Å²) in [6, 6.07) is 13.0. The number of methoxy groups -OCH3 is 3. The maximum atomic E-state index is 12.8. The number of nitrogens with one attached hydrogen (secondary N) is 1. The van der Waals surface area contributed by atoms with E-state index in [-0.39, 0.29) is 5.78 Å². The summed E-state index contributed by atoms with van der Waals surface area (Å²) in [6.07, 6.45) is 2.37. The fraction of sp³-hybridized carbons (Fsp3) is 0.200. The van der Waals surface area contributed by atoms with Gasteiger partial charge in [-0.05, 0) is 30.3 Å². The minimum absolute atomic E-state index is 0.200. The molecular formula is C20H20N2O4. The molecule has 0 spiro atoms. The molecule has 2 aromatic rings. The van der Waals surface area contributed by atoms with E-state index in [1.807, 2.05) is 30.3 Å². The van der Waals surface area contributed by atoms with E-state index < -0.39 is 0 Å². The van der Waals surface area contributed by atoms with Gasteiger partial charge in [0.25, 0.3) is 0 Å². The predicted octanol–water partition coefficient (Wildman–Crippen LogP) is 3.69. The van der Waals surface area contributed by atoms with Crippen LogP contribution < -0.4 is 19.5 Å². The zero-order chi connectivity index (χ0) is 18.5. The number of benzene rings is 2. The second-order valence-corrected chi connectivity index (χ2v) is 5.59. The lowest BCUT2D eigenvalue weighted by atomic mass is 10.1. The summed E-state index contributed by atoms with van der Waals surface area (Å²) >= 11 is 0. The maximum Gasteiger partial charge on any atom is 0.211 e. The molecule has 1 N–H and O–H groups in total. The van der Waals surface area contributed by atoms with E-state index in [2.05, 4.69) is 10.3 Å². The molecule has 0 amide bonds. The van der Waals surface area contributed by atoms with Crippen LogP contribution in [-0.2, 0) is 0 Å². The maximum absolute atomic E-state index is 12.8. The third kappa shape index (κ3) is 3.54. The van der Waals surface area contributed by atoms with Crippen molar-refractivity contribution in [2.45, 2.75) is 6.42 Å². The average molecular weight is 352 g/mol. The van der Waals surface area contributed by atoms with Crippen molar-refractivity contribution in [3.8, 4) is 17.2 Å². The largest absolute Gasteiger partial charge is 0.493 e. The van der Waals surface area contributed by atoms with Crippen LogP contribution in [0.3, 0.4) is 0 Å². The zero-order valence-electron chi connectivity index (χ0n) is 14.9. The molecule has 3 rings (SSSR count). The highest BCUT2D eigenvalue weighted by Gasteiger charge is 2.21. The third-order valence-electron chi connectivity index (χ3n) is 3.97. The number of carbonyl (C=O) groups excluding carboxylic acids is 1. The highest BCUT2D eigenvalue weighted by atomic mass is 16.5. The number of para-hydroxylation sites is 1. The van der Waals surface area contributed by atoms with E-state index in [0.29, 0.717) is 34.9 Å². The van der Waals surface area contributed by atoms with Gasteiger partial charge in [-0.3, -0.25) is 4.79 Å². The van der Waals surface area contributed by atoms with Crippen LogP contribution in [0.15, 0.2) is 59.2 Å². The minimum atomic E-state index is -0.200. The summed E-state index contributed by atoms with van der Waals surface area (Å²) in [5, 5.41) is 3.22. The van der Waals surface area contributed by atoms with E-state index in [1.54, 1.807) is 18.2 Å². The SMILES string of the molecule is COc1cc(C(=O)C2=CCC(Nc3ccccc3)=N2)cc(OC)c1OC. The Kier molecular flexibility index (Phi) is 5.22. The Hall–Kier alpha value is -3.28. The van der Waals surface area contributed by atoms with Crippen LogP contribution in [0.1, 0.15) is 16.8 Å². The van der Waals surface area contributed by atoms with Crippen LogP contribution >= 0.6 is 0 Å². The third-order valence-corrected chi connectivity index (χ3v) is 3.97. The summed E-state index contributed by atoms with van der Waals surface area (Å²) in [7, 11) is 4.55. The Labute approximate surface area is 152 Å². The molecule has 2 aromatic carbocycles. The normalized spacial score (nSPS) is 12.9. The molecule has 0 saturated heterocycles. The second-order valence-electron chi connectivity index (χ2n) is 5.59.